The summed E-state index contributed by atoms with van der Waals surface area (Å²) in [5, 5.41) is 0. The van der Waals surface area contributed by atoms with Crippen molar-refractivity contribution in [1.82, 2.24) is 4.90 Å². The molecule has 0 fully saturated rings. The summed E-state index contributed by atoms with van der Waals surface area (Å²) in [5.74, 6) is 0. The molecular weight excluding hydrogens is 399 g/mol. The van der Waals surface area contributed by atoms with Crippen LogP contribution in [0.4, 0.5) is 5.69 Å². The van der Waals surface area contributed by atoms with Crippen LogP contribution in [-0.2, 0) is 13.0 Å². The summed E-state index contributed by atoms with van der Waals surface area (Å²) in [6.45, 7) is 5.56. The van der Waals surface area contributed by atoms with Crippen LogP contribution in [0.15, 0.2) is 18.2 Å². The molecule has 0 spiro atoms. The van der Waals surface area contributed by atoms with Crippen LogP contribution in [0.5, 0.6) is 0 Å². The van der Waals surface area contributed by atoms with Crippen LogP contribution in [0, 0.1) is 44.1 Å². The Hall–Kier alpha value is 0.422. The zero-order valence-electron chi connectivity index (χ0n) is 9.29. The molecule has 1 aliphatic heterocycles. The normalized spacial score (nSPS) is 15.5. The number of nitrogens with one attached hydrogen (secondary N) is 1. The average Bonchev–Trinajstić information content (AvgIpc) is 2.18. The Kier molecular flexibility index (Phi) is 5.60. The Bertz CT molecular complexity index is 325. The zero-order chi connectivity index (χ0) is 9.97. The monoisotopic (exact) mass is 416 g/mol. The van der Waals surface area contributed by atoms with Crippen molar-refractivity contribution in [3.05, 3.63) is 35.1 Å². The van der Waals surface area contributed by atoms with E-state index in [-0.39, 0.29) is 44.1 Å². The Balaban J connectivity index is 0.00000112. The smallest absolute Gasteiger partial charge is 0.0236 e. The Labute approximate surface area is 128 Å². The first-order chi connectivity index (χ1) is 6.81. The fourth-order valence-corrected chi connectivity index (χ4v) is 2.17. The average molecular weight is 416 g/mol. The predicted molar refractivity (Wildman–Crippen MR) is 59.7 cm³/mol. The Morgan fingerprint density at radius 2 is 2.20 bits per heavy atom. The summed E-state index contributed by atoms with van der Waals surface area (Å²) < 4.78 is 0. The second-order valence-electron chi connectivity index (χ2n) is 3.97. The van der Waals surface area contributed by atoms with Gasteiger partial charge in [0, 0.05) is 57.2 Å². The number of fused-ring (bicyclic) bond motifs is 1. The van der Waals surface area contributed by atoms with E-state index < -0.39 is 0 Å². The van der Waals surface area contributed by atoms with Crippen molar-refractivity contribution in [3.63, 3.8) is 0 Å². The molecule has 0 unspecified atom stereocenters. The number of hydrogen-bond donors (Lipinski definition) is 0. The third-order valence-electron chi connectivity index (χ3n) is 2.88. The minimum absolute atomic E-state index is 0. The van der Waals surface area contributed by atoms with Crippen LogP contribution in [-0.4, -0.2) is 18.0 Å². The molecule has 0 aromatic heterocycles. The van der Waals surface area contributed by atoms with Crippen molar-refractivity contribution >= 4 is 5.69 Å². The largest absolute Gasteiger partial charge is 0.698 e. The quantitative estimate of drug-likeness (QED) is 0.728. The van der Waals surface area contributed by atoms with Crippen LogP contribution < -0.4 is 0 Å². The third-order valence-corrected chi connectivity index (χ3v) is 2.88. The topological polar surface area (TPSA) is 27.0 Å². The molecule has 79 valence electrons. The van der Waals surface area contributed by atoms with Gasteiger partial charge in [-0.25, -0.2) is 0 Å². The van der Waals surface area contributed by atoms with Crippen molar-refractivity contribution in [3.8, 4) is 0 Å². The minimum Gasteiger partial charge on any atom is -0.698 e. The molecule has 0 saturated heterocycles. The Morgan fingerprint density at radius 1 is 1.40 bits per heavy atom. The molecule has 2 rings (SSSR count). The standard InChI is InChI=1S/C12H17N2.Ac/c1-2-7-14-8-6-11-10(9-14)4-3-5-12(11)13;/h3-5,13H,2,6-9H2,1H3;/q-1;. The molecule has 3 heteroatoms. The fraction of sp³-hybridized carbons (Fsp3) is 0.500. The second kappa shape index (κ2) is 6.23. The third kappa shape index (κ3) is 3.19. The van der Waals surface area contributed by atoms with Gasteiger partial charge < -0.3 is 5.73 Å². The summed E-state index contributed by atoms with van der Waals surface area (Å²) in [4.78, 5) is 2.47. The second-order valence-corrected chi connectivity index (χ2v) is 3.97. The number of benzene rings is 1. The molecule has 0 aliphatic carbocycles. The zero-order valence-corrected chi connectivity index (χ0v) is 14.0. The number of rotatable bonds is 2. The van der Waals surface area contributed by atoms with Crippen molar-refractivity contribution in [2.24, 2.45) is 0 Å². The first-order valence-electron chi connectivity index (χ1n) is 5.36. The van der Waals surface area contributed by atoms with Crippen LogP contribution in [0.25, 0.3) is 5.73 Å². The summed E-state index contributed by atoms with van der Waals surface area (Å²) in [6, 6.07) is 6.06. The first kappa shape index (κ1) is 13.5. The summed E-state index contributed by atoms with van der Waals surface area (Å²) in [5.41, 5.74) is 11.1. The molecule has 15 heavy (non-hydrogen) atoms. The van der Waals surface area contributed by atoms with Crippen LogP contribution in [0.3, 0.4) is 0 Å². The van der Waals surface area contributed by atoms with E-state index in [0.29, 0.717) is 0 Å². The van der Waals surface area contributed by atoms with Gasteiger partial charge in [-0.1, -0.05) is 30.7 Å². The fourth-order valence-electron chi connectivity index (χ4n) is 2.17. The van der Waals surface area contributed by atoms with Gasteiger partial charge in [-0.15, -0.1) is 5.69 Å². The van der Waals surface area contributed by atoms with Crippen molar-refractivity contribution in [2.75, 3.05) is 13.1 Å². The number of hydrogen-bond acceptors (Lipinski definition) is 1. The van der Waals surface area contributed by atoms with Gasteiger partial charge in [-0.05, 0) is 24.9 Å². The molecule has 1 aliphatic rings. The predicted octanol–water partition coefficient (Wildman–Crippen LogP) is 3.14. The van der Waals surface area contributed by atoms with Gasteiger partial charge in [0.25, 0.3) is 0 Å². The molecule has 0 amide bonds. The van der Waals surface area contributed by atoms with Gasteiger partial charge in [-0.3, -0.25) is 4.90 Å². The maximum Gasteiger partial charge on any atom is 0.0236 e. The van der Waals surface area contributed by atoms with E-state index in [9.17, 15) is 0 Å². The van der Waals surface area contributed by atoms with E-state index in [1.165, 1.54) is 24.1 Å². The SMILES string of the molecule is CCCN1CCc2c([NH-])cccc2C1.[Ac]. The van der Waals surface area contributed by atoms with E-state index in [0.717, 1.165) is 25.2 Å². The van der Waals surface area contributed by atoms with Gasteiger partial charge in [-0.2, -0.15) is 0 Å². The molecule has 2 nitrogen and oxygen atoms in total. The van der Waals surface area contributed by atoms with E-state index in [4.69, 9.17) is 5.73 Å². The molecule has 1 N–H and O–H groups in total. The van der Waals surface area contributed by atoms with Crippen LogP contribution in [0.2, 0.25) is 0 Å². The molecule has 0 atom stereocenters. The van der Waals surface area contributed by atoms with Gasteiger partial charge >= 0.3 is 0 Å². The molecule has 0 bridgehead atoms. The van der Waals surface area contributed by atoms with Crippen LogP contribution in [0.1, 0.15) is 24.5 Å². The summed E-state index contributed by atoms with van der Waals surface area (Å²) in [6.07, 6.45) is 2.27. The van der Waals surface area contributed by atoms with Crippen molar-refractivity contribution in [2.45, 2.75) is 26.3 Å². The molecule has 1 radical (unpaired) electrons. The molecule has 1 aromatic carbocycles. The molecule has 1 heterocycles. The summed E-state index contributed by atoms with van der Waals surface area (Å²) >= 11 is 0. The molecule has 1 aromatic rings. The van der Waals surface area contributed by atoms with E-state index in [2.05, 4.69) is 17.9 Å². The maximum atomic E-state index is 7.80. The van der Waals surface area contributed by atoms with Gasteiger partial charge in [0.2, 0.25) is 0 Å². The maximum absolute atomic E-state index is 7.80. The van der Waals surface area contributed by atoms with Crippen molar-refractivity contribution in [1.29, 1.82) is 0 Å². The Morgan fingerprint density at radius 3 is 2.93 bits per heavy atom. The molecule has 0 saturated carbocycles. The van der Waals surface area contributed by atoms with Crippen molar-refractivity contribution < 1.29 is 44.1 Å². The number of nitrogens with zero attached hydrogens (tertiary/aromatic N) is 1. The van der Waals surface area contributed by atoms with Gasteiger partial charge in [0.1, 0.15) is 0 Å². The van der Waals surface area contributed by atoms with E-state index >= 15 is 0 Å². The van der Waals surface area contributed by atoms with E-state index in [1.54, 1.807) is 0 Å². The van der Waals surface area contributed by atoms with Crippen LogP contribution >= 0.6 is 0 Å². The molecular formula is C12H17AcN2-. The first-order valence-corrected chi connectivity index (χ1v) is 5.36. The minimum atomic E-state index is 0. The summed E-state index contributed by atoms with van der Waals surface area (Å²) in [7, 11) is 0. The van der Waals surface area contributed by atoms with Gasteiger partial charge in [0.15, 0.2) is 0 Å². The van der Waals surface area contributed by atoms with E-state index in [1.807, 2.05) is 12.1 Å². The van der Waals surface area contributed by atoms with Gasteiger partial charge in [0.05, 0.1) is 0 Å².